The van der Waals surface area contributed by atoms with Gasteiger partial charge in [0, 0.05) is 24.7 Å². The molecule has 2 heterocycles. The van der Waals surface area contributed by atoms with E-state index in [4.69, 9.17) is 4.74 Å². The predicted molar refractivity (Wildman–Crippen MR) is 112 cm³/mol. The van der Waals surface area contributed by atoms with E-state index in [1.165, 1.54) is 18.4 Å². The van der Waals surface area contributed by atoms with Crippen LogP contribution in [0.5, 0.6) is 5.75 Å². The summed E-state index contributed by atoms with van der Waals surface area (Å²) < 4.78 is 7.73. The number of carbonyl (C=O) groups excluding carboxylic acids is 1. The van der Waals surface area contributed by atoms with Crippen LogP contribution in [0.2, 0.25) is 0 Å². The Labute approximate surface area is 165 Å². The van der Waals surface area contributed by atoms with Gasteiger partial charge in [-0.1, -0.05) is 30.3 Å². The minimum Gasteiger partial charge on any atom is -0.489 e. The number of ether oxygens (including phenoxy) is 1. The number of rotatable bonds is 5. The molecule has 5 nitrogen and oxygen atoms in total. The fraction of sp³-hybridized carbons (Fsp3) is 0.348. The minimum atomic E-state index is -0.117. The first-order chi connectivity index (χ1) is 13.7. The Balaban J connectivity index is 1.64. The lowest BCUT2D eigenvalue weighted by atomic mass is 10.0. The number of amides is 1. The van der Waals surface area contributed by atoms with E-state index in [1.54, 1.807) is 11.6 Å². The van der Waals surface area contributed by atoms with Gasteiger partial charge in [-0.2, -0.15) is 0 Å². The van der Waals surface area contributed by atoms with Gasteiger partial charge < -0.3 is 15.0 Å². The predicted octanol–water partition coefficient (Wildman–Crippen LogP) is 4.04. The first-order valence-corrected chi connectivity index (χ1v) is 9.88. The van der Waals surface area contributed by atoms with Gasteiger partial charge >= 0.3 is 6.03 Å². The third-order valence-corrected chi connectivity index (χ3v) is 5.67. The number of hydrogen-bond acceptors (Lipinski definition) is 3. The summed E-state index contributed by atoms with van der Waals surface area (Å²) in [5, 5.41) is 3.82. The molecule has 0 aliphatic carbocycles. The average molecular weight is 377 g/mol. The van der Waals surface area contributed by atoms with E-state index in [1.807, 2.05) is 36.5 Å². The van der Waals surface area contributed by atoms with Crippen LogP contribution >= 0.6 is 0 Å². The summed E-state index contributed by atoms with van der Waals surface area (Å²) in [6.45, 7) is 1.67. The number of carbonyl (C=O) groups is 1. The number of benzene rings is 2. The lowest BCUT2D eigenvalue weighted by Gasteiger charge is -2.18. The van der Waals surface area contributed by atoms with Crippen LogP contribution in [-0.4, -0.2) is 42.2 Å². The molecule has 4 rings (SSSR count). The van der Waals surface area contributed by atoms with Crippen molar-refractivity contribution in [1.82, 2.24) is 14.8 Å². The number of likely N-dealkylation sites (N-methyl/N-ethyl adjacent to an activating group) is 1. The first kappa shape index (κ1) is 18.6. The Morgan fingerprint density at radius 1 is 1.21 bits per heavy atom. The third kappa shape index (κ3) is 3.76. The first-order valence-electron chi connectivity index (χ1n) is 9.88. The van der Waals surface area contributed by atoms with Crippen molar-refractivity contribution in [2.24, 2.45) is 0 Å². The number of nitrogens with zero attached hydrogens (tertiary/aromatic N) is 2. The second-order valence-corrected chi connectivity index (χ2v) is 7.51. The molecule has 0 bridgehead atoms. The lowest BCUT2D eigenvalue weighted by Crippen LogP contribution is -2.27. The van der Waals surface area contributed by atoms with Crippen LogP contribution in [0, 0.1) is 0 Å². The molecule has 0 spiro atoms. The number of nitrogens with one attached hydrogen (secondary N) is 1. The molecular formula is C23H27N3O2. The quantitative estimate of drug-likeness (QED) is 0.730. The molecule has 1 unspecified atom stereocenters. The van der Waals surface area contributed by atoms with Gasteiger partial charge in [0.05, 0.1) is 5.52 Å². The van der Waals surface area contributed by atoms with Crippen LogP contribution < -0.4 is 10.1 Å². The molecule has 146 valence electrons. The molecule has 1 atom stereocenters. The maximum Gasteiger partial charge on any atom is 0.325 e. The largest absolute Gasteiger partial charge is 0.489 e. The Morgan fingerprint density at radius 2 is 2.04 bits per heavy atom. The van der Waals surface area contributed by atoms with Gasteiger partial charge in [-0.25, -0.2) is 4.79 Å². The van der Waals surface area contributed by atoms with Crippen molar-refractivity contribution in [1.29, 1.82) is 0 Å². The fourth-order valence-corrected chi connectivity index (χ4v) is 4.05. The number of hydrogen-bond donors (Lipinski definition) is 1. The molecule has 28 heavy (non-hydrogen) atoms. The zero-order valence-electron chi connectivity index (χ0n) is 16.5. The molecular weight excluding hydrogens is 350 g/mol. The summed E-state index contributed by atoms with van der Waals surface area (Å²) in [5.41, 5.74) is 3.25. The Hall–Kier alpha value is -2.79. The second-order valence-electron chi connectivity index (χ2n) is 7.51. The number of fused-ring (bicyclic) bond motifs is 1. The van der Waals surface area contributed by atoms with Crippen LogP contribution in [-0.2, 0) is 13.0 Å². The number of aromatic nitrogens is 1. The van der Waals surface area contributed by atoms with Gasteiger partial charge in [0.1, 0.15) is 12.4 Å². The fourth-order valence-electron chi connectivity index (χ4n) is 4.05. The third-order valence-electron chi connectivity index (χ3n) is 5.67. The number of likely N-dealkylation sites (tertiary alicyclic amines) is 1. The highest BCUT2D eigenvalue weighted by Gasteiger charge is 2.23. The summed E-state index contributed by atoms with van der Waals surface area (Å²) >= 11 is 0. The standard InChI is InChI=1S/C23H27N3O2/c1-24-23(27)26-15-18(13-19-9-6-12-25(19)2)21-14-20(10-11-22(21)26)28-16-17-7-4-3-5-8-17/h3-5,7-8,10-11,14-15,19H,6,9,12-13,16H2,1-2H3,(H,24,27). The van der Waals surface area contributed by atoms with E-state index in [0.717, 1.165) is 35.2 Å². The maximum atomic E-state index is 12.3. The molecule has 2 aromatic carbocycles. The van der Waals surface area contributed by atoms with Crippen molar-refractivity contribution in [2.75, 3.05) is 20.6 Å². The smallest absolute Gasteiger partial charge is 0.325 e. The van der Waals surface area contributed by atoms with E-state index in [2.05, 4.69) is 35.5 Å². The van der Waals surface area contributed by atoms with Crippen LogP contribution in [0.1, 0.15) is 24.0 Å². The van der Waals surface area contributed by atoms with Gasteiger partial charge in [0.2, 0.25) is 0 Å². The van der Waals surface area contributed by atoms with Crippen molar-refractivity contribution in [3.05, 3.63) is 65.9 Å². The summed E-state index contributed by atoms with van der Waals surface area (Å²) in [7, 11) is 3.85. The highest BCUT2D eigenvalue weighted by molar-refractivity contribution is 5.94. The zero-order valence-corrected chi connectivity index (χ0v) is 16.5. The topological polar surface area (TPSA) is 46.5 Å². The Morgan fingerprint density at radius 3 is 2.75 bits per heavy atom. The average Bonchev–Trinajstić information content (AvgIpc) is 3.30. The van der Waals surface area contributed by atoms with E-state index < -0.39 is 0 Å². The lowest BCUT2D eigenvalue weighted by molar-refractivity contribution is 0.245. The highest BCUT2D eigenvalue weighted by Crippen LogP contribution is 2.30. The van der Waals surface area contributed by atoms with Crippen molar-refractivity contribution >= 4 is 16.9 Å². The monoisotopic (exact) mass is 377 g/mol. The summed E-state index contributed by atoms with van der Waals surface area (Å²) in [4.78, 5) is 14.8. The molecule has 3 aromatic rings. The molecule has 0 radical (unpaired) electrons. The van der Waals surface area contributed by atoms with Crippen molar-refractivity contribution in [3.8, 4) is 5.75 Å². The molecule has 1 amide bonds. The SMILES string of the molecule is CNC(=O)n1cc(CC2CCCN2C)c2cc(OCc3ccccc3)ccc21. The van der Waals surface area contributed by atoms with Crippen LogP contribution in [0.15, 0.2) is 54.7 Å². The summed E-state index contributed by atoms with van der Waals surface area (Å²) in [6, 6.07) is 16.5. The summed E-state index contributed by atoms with van der Waals surface area (Å²) in [5.74, 6) is 0.826. The van der Waals surface area contributed by atoms with E-state index in [0.29, 0.717) is 12.6 Å². The van der Waals surface area contributed by atoms with Crippen molar-refractivity contribution in [2.45, 2.75) is 31.9 Å². The molecule has 0 saturated carbocycles. The van der Waals surface area contributed by atoms with Gasteiger partial charge in [0.25, 0.3) is 0 Å². The second kappa shape index (κ2) is 8.07. The highest BCUT2D eigenvalue weighted by atomic mass is 16.5. The summed E-state index contributed by atoms with van der Waals surface area (Å²) in [6.07, 6.45) is 5.36. The Kier molecular flexibility index (Phi) is 5.35. The Bertz CT molecular complexity index is 965. The van der Waals surface area contributed by atoms with Crippen LogP contribution in [0.25, 0.3) is 10.9 Å². The maximum absolute atomic E-state index is 12.3. The van der Waals surface area contributed by atoms with Crippen LogP contribution in [0.3, 0.4) is 0 Å². The molecule has 1 aliphatic rings. The van der Waals surface area contributed by atoms with Gasteiger partial charge in [-0.15, -0.1) is 0 Å². The minimum absolute atomic E-state index is 0.117. The van der Waals surface area contributed by atoms with Crippen molar-refractivity contribution < 1.29 is 9.53 Å². The molecule has 5 heteroatoms. The zero-order chi connectivity index (χ0) is 19.5. The van der Waals surface area contributed by atoms with Gasteiger partial charge in [0.15, 0.2) is 0 Å². The molecule has 1 fully saturated rings. The normalized spacial score (nSPS) is 17.1. The van der Waals surface area contributed by atoms with Crippen molar-refractivity contribution in [3.63, 3.8) is 0 Å². The van der Waals surface area contributed by atoms with Gasteiger partial charge in [-0.3, -0.25) is 4.57 Å². The molecule has 1 N–H and O–H groups in total. The molecule has 1 saturated heterocycles. The van der Waals surface area contributed by atoms with Gasteiger partial charge in [-0.05, 0) is 62.2 Å². The van der Waals surface area contributed by atoms with E-state index in [9.17, 15) is 4.79 Å². The van der Waals surface area contributed by atoms with E-state index >= 15 is 0 Å². The molecule has 1 aromatic heterocycles. The van der Waals surface area contributed by atoms with E-state index in [-0.39, 0.29) is 6.03 Å². The molecule has 1 aliphatic heterocycles. The van der Waals surface area contributed by atoms with Crippen LogP contribution in [0.4, 0.5) is 4.79 Å².